The van der Waals surface area contributed by atoms with Crippen LogP contribution in [0.3, 0.4) is 0 Å². The Kier molecular flexibility index (Phi) is 3.96. The van der Waals surface area contributed by atoms with Crippen LogP contribution in [-0.2, 0) is 11.3 Å². The van der Waals surface area contributed by atoms with E-state index in [0.717, 1.165) is 25.9 Å². The van der Waals surface area contributed by atoms with Crippen molar-refractivity contribution in [1.82, 2.24) is 14.7 Å². The maximum absolute atomic E-state index is 12.1. The number of rotatable bonds is 3. The molecule has 0 radical (unpaired) electrons. The molecule has 0 bridgehead atoms. The second-order valence-corrected chi connectivity index (χ2v) is 5.90. The molecule has 110 valence electrons. The zero-order valence-electron chi connectivity index (χ0n) is 11.8. The van der Waals surface area contributed by atoms with Crippen LogP contribution in [-0.4, -0.2) is 44.9 Å². The highest BCUT2D eigenvalue weighted by molar-refractivity contribution is 5.89. The predicted molar refractivity (Wildman–Crippen MR) is 73.5 cm³/mol. The standard InChI is InChI=1S/C13H20N4O3/c1-13(2)3-5-16(6-4-13)12(20)15-10-7-14-17(8-10)9-11(18)19/h7-8H,3-6,9H2,1-2H3,(H,15,20)(H,18,19). The third-order valence-electron chi connectivity index (χ3n) is 3.59. The van der Waals surface area contributed by atoms with Crippen LogP contribution in [0.2, 0.25) is 0 Å². The van der Waals surface area contributed by atoms with Crippen molar-refractivity contribution < 1.29 is 14.7 Å². The van der Waals surface area contributed by atoms with Crippen molar-refractivity contribution in [3.63, 3.8) is 0 Å². The number of urea groups is 1. The second kappa shape index (κ2) is 5.52. The van der Waals surface area contributed by atoms with E-state index in [2.05, 4.69) is 24.3 Å². The molecular formula is C13H20N4O3. The van der Waals surface area contributed by atoms with Crippen LogP contribution in [0.15, 0.2) is 12.4 Å². The molecule has 1 saturated heterocycles. The van der Waals surface area contributed by atoms with Crippen LogP contribution in [0.4, 0.5) is 10.5 Å². The number of anilines is 1. The van der Waals surface area contributed by atoms with E-state index in [-0.39, 0.29) is 12.6 Å². The number of aromatic nitrogens is 2. The number of hydrogen-bond donors (Lipinski definition) is 2. The van der Waals surface area contributed by atoms with E-state index in [4.69, 9.17) is 5.11 Å². The van der Waals surface area contributed by atoms with Crippen molar-refractivity contribution in [3.05, 3.63) is 12.4 Å². The Bertz CT molecular complexity index is 499. The highest BCUT2D eigenvalue weighted by atomic mass is 16.4. The average molecular weight is 280 g/mol. The van der Waals surface area contributed by atoms with Crippen molar-refractivity contribution in [3.8, 4) is 0 Å². The molecule has 7 heteroatoms. The Morgan fingerprint density at radius 3 is 2.65 bits per heavy atom. The van der Waals surface area contributed by atoms with Gasteiger partial charge in [0.2, 0.25) is 0 Å². The molecule has 1 aliphatic rings. The number of carbonyl (C=O) groups excluding carboxylic acids is 1. The first-order valence-corrected chi connectivity index (χ1v) is 6.66. The molecule has 1 fully saturated rings. The van der Waals surface area contributed by atoms with Crippen molar-refractivity contribution in [1.29, 1.82) is 0 Å². The van der Waals surface area contributed by atoms with Gasteiger partial charge in [0.05, 0.1) is 11.9 Å². The first-order chi connectivity index (χ1) is 9.35. The van der Waals surface area contributed by atoms with Crippen molar-refractivity contribution in [2.24, 2.45) is 5.41 Å². The summed E-state index contributed by atoms with van der Waals surface area (Å²) in [5, 5.41) is 15.3. The van der Waals surface area contributed by atoms with Gasteiger partial charge in [0.15, 0.2) is 0 Å². The van der Waals surface area contributed by atoms with Gasteiger partial charge in [-0.1, -0.05) is 13.8 Å². The summed E-state index contributed by atoms with van der Waals surface area (Å²) in [7, 11) is 0. The van der Waals surface area contributed by atoms with Crippen molar-refractivity contribution >= 4 is 17.7 Å². The van der Waals surface area contributed by atoms with E-state index >= 15 is 0 Å². The van der Waals surface area contributed by atoms with Gasteiger partial charge in [-0.3, -0.25) is 9.48 Å². The maximum Gasteiger partial charge on any atom is 0.325 e. The molecule has 0 aliphatic carbocycles. The number of amides is 2. The molecule has 0 saturated carbocycles. The number of hydrogen-bond acceptors (Lipinski definition) is 3. The van der Waals surface area contributed by atoms with Gasteiger partial charge in [-0.05, 0) is 18.3 Å². The lowest BCUT2D eigenvalue weighted by molar-refractivity contribution is -0.137. The Morgan fingerprint density at radius 1 is 1.40 bits per heavy atom. The van der Waals surface area contributed by atoms with Crippen molar-refractivity contribution in [2.45, 2.75) is 33.2 Å². The number of likely N-dealkylation sites (tertiary alicyclic amines) is 1. The molecule has 1 aliphatic heterocycles. The van der Waals surface area contributed by atoms with Gasteiger partial charge in [-0.2, -0.15) is 5.10 Å². The number of carbonyl (C=O) groups is 2. The fourth-order valence-electron chi connectivity index (χ4n) is 2.17. The molecule has 1 aromatic rings. The fraction of sp³-hybridized carbons (Fsp3) is 0.615. The van der Waals surface area contributed by atoms with E-state index in [1.807, 2.05) is 0 Å². The van der Waals surface area contributed by atoms with E-state index < -0.39 is 5.97 Å². The number of aliphatic carboxylic acids is 1. The summed E-state index contributed by atoms with van der Waals surface area (Å²) in [6.45, 7) is 5.67. The van der Waals surface area contributed by atoms with Gasteiger partial charge < -0.3 is 15.3 Å². The molecule has 7 nitrogen and oxygen atoms in total. The normalized spacial score (nSPS) is 17.8. The van der Waals surface area contributed by atoms with Crippen LogP contribution >= 0.6 is 0 Å². The largest absolute Gasteiger partial charge is 0.480 e. The monoisotopic (exact) mass is 280 g/mol. The molecule has 0 spiro atoms. The summed E-state index contributed by atoms with van der Waals surface area (Å²) in [6, 6.07) is -0.157. The summed E-state index contributed by atoms with van der Waals surface area (Å²) in [6.07, 6.45) is 4.94. The summed E-state index contributed by atoms with van der Waals surface area (Å²) in [5.41, 5.74) is 0.810. The lowest BCUT2D eigenvalue weighted by Crippen LogP contribution is -2.43. The third kappa shape index (κ3) is 3.72. The van der Waals surface area contributed by atoms with Gasteiger partial charge in [0.25, 0.3) is 0 Å². The maximum atomic E-state index is 12.1. The Morgan fingerprint density at radius 2 is 2.05 bits per heavy atom. The minimum atomic E-state index is -0.968. The Labute approximate surface area is 117 Å². The van der Waals surface area contributed by atoms with Crippen LogP contribution in [0.1, 0.15) is 26.7 Å². The molecule has 2 heterocycles. The quantitative estimate of drug-likeness (QED) is 0.880. The number of carboxylic acid groups (broad SMARTS) is 1. The molecular weight excluding hydrogens is 260 g/mol. The molecule has 2 N–H and O–H groups in total. The number of nitrogens with one attached hydrogen (secondary N) is 1. The molecule has 2 rings (SSSR count). The fourth-order valence-corrected chi connectivity index (χ4v) is 2.17. The van der Waals surface area contributed by atoms with Crippen LogP contribution < -0.4 is 5.32 Å². The van der Waals surface area contributed by atoms with E-state index in [1.165, 1.54) is 17.1 Å². The highest BCUT2D eigenvalue weighted by Crippen LogP contribution is 2.29. The Hall–Kier alpha value is -2.05. The molecule has 1 aromatic heterocycles. The molecule has 0 unspecified atom stereocenters. The SMILES string of the molecule is CC1(C)CCN(C(=O)Nc2cnn(CC(=O)O)c2)CC1. The first-order valence-electron chi connectivity index (χ1n) is 6.66. The highest BCUT2D eigenvalue weighted by Gasteiger charge is 2.27. The van der Waals surface area contributed by atoms with Gasteiger partial charge in [-0.25, -0.2) is 4.79 Å². The van der Waals surface area contributed by atoms with Gasteiger partial charge in [0, 0.05) is 19.3 Å². The van der Waals surface area contributed by atoms with E-state index in [0.29, 0.717) is 11.1 Å². The third-order valence-corrected chi connectivity index (χ3v) is 3.59. The molecule has 20 heavy (non-hydrogen) atoms. The number of nitrogens with zero attached hydrogens (tertiary/aromatic N) is 3. The first kappa shape index (κ1) is 14.4. The van der Waals surface area contributed by atoms with Crippen LogP contribution in [0.5, 0.6) is 0 Å². The van der Waals surface area contributed by atoms with E-state index in [1.54, 1.807) is 4.90 Å². The van der Waals surface area contributed by atoms with Gasteiger partial charge in [0.1, 0.15) is 6.54 Å². The van der Waals surface area contributed by atoms with Crippen molar-refractivity contribution in [2.75, 3.05) is 18.4 Å². The summed E-state index contributed by atoms with van der Waals surface area (Å²) in [5.74, 6) is -0.968. The number of carboxylic acids is 1. The van der Waals surface area contributed by atoms with Crippen LogP contribution in [0.25, 0.3) is 0 Å². The molecule has 0 aromatic carbocycles. The second-order valence-electron chi connectivity index (χ2n) is 5.90. The van der Waals surface area contributed by atoms with Crippen LogP contribution in [0, 0.1) is 5.41 Å². The molecule has 2 amide bonds. The zero-order chi connectivity index (χ0) is 14.8. The summed E-state index contributed by atoms with van der Waals surface area (Å²) in [4.78, 5) is 24.4. The lowest BCUT2D eigenvalue weighted by Gasteiger charge is -2.36. The summed E-state index contributed by atoms with van der Waals surface area (Å²) >= 11 is 0. The average Bonchev–Trinajstić information content (AvgIpc) is 2.75. The molecule has 0 atom stereocenters. The zero-order valence-corrected chi connectivity index (χ0v) is 11.8. The minimum absolute atomic E-state index is 0.157. The predicted octanol–water partition coefficient (Wildman–Crippen LogP) is 1.62. The smallest absolute Gasteiger partial charge is 0.325 e. The topological polar surface area (TPSA) is 87.5 Å². The lowest BCUT2D eigenvalue weighted by atomic mass is 9.83. The number of piperidine rings is 1. The Balaban J connectivity index is 1.88. The van der Waals surface area contributed by atoms with Gasteiger partial charge >= 0.3 is 12.0 Å². The van der Waals surface area contributed by atoms with Gasteiger partial charge in [-0.15, -0.1) is 0 Å². The minimum Gasteiger partial charge on any atom is -0.480 e. The summed E-state index contributed by atoms with van der Waals surface area (Å²) < 4.78 is 1.28. The van der Waals surface area contributed by atoms with E-state index in [9.17, 15) is 9.59 Å².